The van der Waals surface area contributed by atoms with Gasteiger partial charge in [-0.2, -0.15) is 0 Å². The molecule has 1 aliphatic heterocycles. The van der Waals surface area contributed by atoms with Crippen molar-refractivity contribution < 1.29 is 18.7 Å². The monoisotopic (exact) mass is 416 g/mol. The molecule has 4 rings (SSSR count). The van der Waals surface area contributed by atoms with Crippen LogP contribution in [0.25, 0.3) is 10.2 Å². The van der Waals surface area contributed by atoms with E-state index in [2.05, 4.69) is 15.2 Å². The summed E-state index contributed by atoms with van der Waals surface area (Å²) in [6.07, 6.45) is 0. The molecule has 1 aromatic heterocycles. The van der Waals surface area contributed by atoms with Gasteiger partial charge in [-0.05, 0) is 30.3 Å². The molecule has 0 spiro atoms. The minimum atomic E-state index is -0.261. The molecule has 2 aromatic carbocycles. The normalized spacial score (nSPS) is 14.2. The summed E-state index contributed by atoms with van der Waals surface area (Å²) in [4.78, 5) is 21.1. The molecule has 3 aromatic rings. The highest BCUT2D eigenvalue weighted by molar-refractivity contribution is 7.22. The Morgan fingerprint density at radius 3 is 2.62 bits per heavy atom. The Labute approximate surface area is 171 Å². The fourth-order valence-electron chi connectivity index (χ4n) is 3.22. The molecule has 1 aliphatic rings. The quantitative estimate of drug-likeness (QED) is 0.701. The van der Waals surface area contributed by atoms with E-state index in [0.717, 1.165) is 15.3 Å². The summed E-state index contributed by atoms with van der Waals surface area (Å²) in [6, 6.07) is 9.68. The van der Waals surface area contributed by atoms with Crippen molar-refractivity contribution in [3.63, 3.8) is 0 Å². The SMILES string of the molecule is COc1ccc(NC(=O)N2CCN(c3nc4ccc(F)cc4s3)CC2)c(OC)c1. The van der Waals surface area contributed by atoms with Crippen LogP contribution < -0.4 is 19.7 Å². The number of aromatic nitrogens is 1. The third-order valence-corrected chi connectivity index (χ3v) is 5.91. The van der Waals surface area contributed by atoms with Crippen LogP contribution in [0.2, 0.25) is 0 Å². The molecule has 2 amide bonds. The number of halogens is 1. The first-order valence-corrected chi connectivity index (χ1v) is 9.98. The highest BCUT2D eigenvalue weighted by Crippen LogP contribution is 2.31. The standard InChI is InChI=1S/C20H21FN4O3S/c1-27-14-4-6-15(17(12-14)28-2)22-19(26)24-7-9-25(10-8-24)20-23-16-5-3-13(21)11-18(16)29-20/h3-6,11-12H,7-10H2,1-2H3,(H,22,26). The lowest BCUT2D eigenvalue weighted by molar-refractivity contribution is 0.208. The van der Waals surface area contributed by atoms with Crippen LogP contribution in [0.3, 0.4) is 0 Å². The summed E-state index contributed by atoms with van der Waals surface area (Å²) in [5, 5.41) is 3.75. The molecule has 29 heavy (non-hydrogen) atoms. The summed E-state index contributed by atoms with van der Waals surface area (Å²) in [6.45, 7) is 2.45. The largest absolute Gasteiger partial charge is 0.497 e. The van der Waals surface area contributed by atoms with E-state index >= 15 is 0 Å². The summed E-state index contributed by atoms with van der Waals surface area (Å²) >= 11 is 1.47. The number of nitrogens with one attached hydrogen (secondary N) is 1. The number of carbonyl (C=O) groups excluding carboxylic acids is 1. The minimum absolute atomic E-state index is 0.181. The van der Waals surface area contributed by atoms with Crippen LogP contribution in [-0.2, 0) is 0 Å². The van der Waals surface area contributed by atoms with Gasteiger partial charge in [0.05, 0.1) is 30.1 Å². The second-order valence-electron chi connectivity index (χ2n) is 6.58. The van der Waals surface area contributed by atoms with E-state index in [9.17, 15) is 9.18 Å². The Kier molecular flexibility index (Phi) is 5.39. The number of ether oxygens (including phenoxy) is 2. The highest BCUT2D eigenvalue weighted by Gasteiger charge is 2.24. The molecule has 0 atom stereocenters. The fourth-order valence-corrected chi connectivity index (χ4v) is 4.26. The van der Waals surface area contributed by atoms with E-state index in [1.165, 1.54) is 23.5 Å². The fraction of sp³-hybridized carbons (Fsp3) is 0.300. The van der Waals surface area contributed by atoms with Gasteiger partial charge in [-0.15, -0.1) is 0 Å². The molecule has 9 heteroatoms. The van der Waals surface area contributed by atoms with Gasteiger partial charge in [-0.1, -0.05) is 11.3 Å². The second-order valence-corrected chi connectivity index (χ2v) is 7.59. The molecule has 152 valence electrons. The zero-order valence-corrected chi connectivity index (χ0v) is 17.0. The number of urea groups is 1. The summed E-state index contributed by atoms with van der Waals surface area (Å²) in [5.74, 6) is 0.936. The number of thiazole rings is 1. The summed E-state index contributed by atoms with van der Waals surface area (Å²) < 4.78 is 24.7. The zero-order chi connectivity index (χ0) is 20.4. The maximum Gasteiger partial charge on any atom is 0.322 e. The lowest BCUT2D eigenvalue weighted by atomic mass is 10.2. The number of rotatable bonds is 4. The van der Waals surface area contributed by atoms with Crippen molar-refractivity contribution in [1.82, 2.24) is 9.88 Å². The van der Waals surface area contributed by atoms with Gasteiger partial charge < -0.3 is 24.6 Å². The molecule has 0 bridgehead atoms. The van der Waals surface area contributed by atoms with Crippen LogP contribution in [0.5, 0.6) is 11.5 Å². The lowest BCUT2D eigenvalue weighted by Gasteiger charge is -2.34. The van der Waals surface area contributed by atoms with E-state index in [4.69, 9.17) is 9.47 Å². The highest BCUT2D eigenvalue weighted by atomic mass is 32.1. The van der Waals surface area contributed by atoms with Crippen molar-refractivity contribution in [3.05, 3.63) is 42.2 Å². The van der Waals surface area contributed by atoms with Crippen LogP contribution in [0.15, 0.2) is 36.4 Å². The Hall–Kier alpha value is -3.07. The second kappa shape index (κ2) is 8.12. The number of benzene rings is 2. The number of hydrogen-bond acceptors (Lipinski definition) is 6. The van der Waals surface area contributed by atoms with Gasteiger partial charge in [-0.25, -0.2) is 14.2 Å². The average molecular weight is 416 g/mol. The van der Waals surface area contributed by atoms with Crippen molar-refractivity contribution in [1.29, 1.82) is 0 Å². The van der Waals surface area contributed by atoms with E-state index < -0.39 is 0 Å². The molecule has 2 heterocycles. The molecule has 0 unspecified atom stereocenters. The van der Waals surface area contributed by atoms with Crippen molar-refractivity contribution in [3.8, 4) is 11.5 Å². The predicted octanol–water partition coefficient (Wildman–Crippen LogP) is 3.81. The number of carbonyl (C=O) groups is 1. The smallest absolute Gasteiger partial charge is 0.322 e. The maximum absolute atomic E-state index is 13.4. The molecule has 1 fully saturated rings. The molecule has 0 saturated carbocycles. The van der Waals surface area contributed by atoms with Crippen LogP contribution in [0.4, 0.5) is 20.0 Å². The van der Waals surface area contributed by atoms with Gasteiger partial charge in [0.15, 0.2) is 5.13 Å². The van der Waals surface area contributed by atoms with Crippen molar-refractivity contribution in [2.75, 3.05) is 50.6 Å². The van der Waals surface area contributed by atoms with E-state index in [1.54, 1.807) is 43.4 Å². The van der Waals surface area contributed by atoms with E-state index in [1.807, 2.05) is 0 Å². The molecule has 7 nitrogen and oxygen atoms in total. The summed E-state index contributed by atoms with van der Waals surface area (Å²) in [5.41, 5.74) is 1.38. The third kappa shape index (κ3) is 4.04. The van der Waals surface area contributed by atoms with Gasteiger partial charge in [0, 0.05) is 32.2 Å². The minimum Gasteiger partial charge on any atom is -0.497 e. The Morgan fingerprint density at radius 1 is 1.10 bits per heavy atom. The molecule has 0 radical (unpaired) electrons. The number of nitrogens with zero attached hydrogens (tertiary/aromatic N) is 3. The van der Waals surface area contributed by atoms with Crippen LogP contribution in [0, 0.1) is 5.82 Å². The number of fused-ring (bicyclic) bond motifs is 1. The van der Waals surface area contributed by atoms with Gasteiger partial charge >= 0.3 is 6.03 Å². The number of methoxy groups -OCH3 is 2. The van der Waals surface area contributed by atoms with Gasteiger partial charge in [-0.3, -0.25) is 0 Å². The number of hydrogen-bond donors (Lipinski definition) is 1. The molecule has 1 N–H and O–H groups in total. The van der Waals surface area contributed by atoms with Crippen LogP contribution in [-0.4, -0.2) is 56.3 Å². The average Bonchev–Trinajstić information content (AvgIpc) is 3.17. The van der Waals surface area contributed by atoms with E-state index in [-0.39, 0.29) is 11.8 Å². The van der Waals surface area contributed by atoms with Gasteiger partial charge in [0.1, 0.15) is 17.3 Å². The number of piperazine rings is 1. The summed E-state index contributed by atoms with van der Waals surface area (Å²) in [7, 11) is 3.13. The first-order valence-electron chi connectivity index (χ1n) is 9.16. The van der Waals surface area contributed by atoms with Crippen molar-refractivity contribution >= 4 is 38.4 Å². The van der Waals surface area contributed by atoms with Gasteiger partial charge in [0.2, 0.25) is 0 Å². The maximum atomic E-state index is 13.4. The van der Waals surface area contributed by atoms with Crippen LogP contribution in [0.1, 0.15) is 0 Å². The van der Waals surface area contributed by atoms with Crippen molar-refractivity contribution in [2.45, 2.75) is 0 Å². The Morgan fingerprint density at radius 2 is 1.90 bits per heavy atom. The van der Waals surface area contributed by atoms with Crippen molar-refractivity contribution in [2.24, 2.45) is 0 Å². The number of anilines is 2. The third-order valence-electron chi connectivity index (χ3n) is 4.83. The first-order chi connectivity index (χ1) is 14.1. The lowest BCUT2D eigenvalue weighted by Crippen LogP contribution is -2.50. The molecular weight excluding hydrogens is 395 g/mol. The molecule has 1 saturated heterocycles. The Balaban J connectivity index is 1.39. The topological polar surface area (TPSA) is 66.9 Å². The van der Waals surface area contributed by atoms with E-state index in [0.29, 0.717) is 43.4 Å². The van der Waals surface area contributed by atoms with Crippen LogP contribution >= 0.6 is 11.3 Å². The molecular formula is C20H21FN4O3S. The molecule has 0 aliphatic carbocycles. The first kappa shape index (κ1) is 19.3. The van der Waals surface area contributed by atoms with Gasteiger partial charge in [0.25, 0.3) is 0 Å². The predicted molar refractivity (Wildman–Crippen MR) is 112 cm³/mol. The number of amides is 2. The Bertz CT molecular complexity index is 1030. The zero-order valence-electron chi connectivity index (χ0n) is 16.1.